The van der Waals surface area contributed by atoms with Gasteiger partial charge in [-0.3, -0.25) is 4.40 Å². The van der Waals surface area contributed by atoms with E-state index in [1.165, 1.54) is 0 Å². The molecule has 0 bridgehead atoms. The molecule has 0 spiro atoms. The first-order valence-electron chi connectivity index (χ1n) is 7.81. The smallest absolute Gasteiger partial charge is 0.137 e. The summed E-state index contributed by atoms with van der Waals surface area (Å²) in [5.41, 5.74) is 4.17. The molecule has 116 valence electrons. The van der Waals surface area contributed by atoms with Crippen LogP contribution in [0.25, 0.3) is 28.9 Å². The minimum Gasteiger partial charge on any atom is -0.508 e. The Balaban J connectivity index is 1.80. The van der Waals surface area contributed by atoms with Gasteiger partial charge in [0, 0.05) is 11.8 Å². The Bertz CT molecular complexity index is 999. The maximum atomic E-state index is 9.37. The molecule has 2 heterocycles. The molecule has 0 fully saturated rings. The Labute approximate surface area is 140 Å². The van der Waals surface area contributed by atoms with Gasteiger partial charge in [-0.15, -0.1) is 0 Å². The summed E-state index contributed by atoms with van der Waals surface area (Å²) in [5, 5.41) is 9.37. The number of phenolic OH excluding ortho intramolecular Hbond substituents is 1. The van der Waals surface area contributed by atoms with E-state index in [1.54, 1.807) is 12.1 Å². The molecule has 3 nitrogen and oxygen atoms in total. The Hall–Kier alpha value is -3.33. The average Bonchev–Trinajstić information content (AvgIpc) is 3.01. The molecule has 0 saturated carbocycles. The molecule has 0 atom stereocenters. The number of hydrogen-bond acceptors (Lipinski definition) is 2. The largest absolute Gasteiger partial charge is 0.508 e. The van der Waals surface area contributed by atoms with Crippen molar-refractivity contribution >= 4 is 17.7 Å². The minimum absolute atomic E-state index is 0.268. The summed E-state index contributed by atoms with van der Waals surface area (Å²) in [6.07, 6.45) is 6.01. The minimum atomic E-state index is 0.268. The summed E-state index contributed by atoms with van der Waals surface area (Å²) in [7, 11) is 0. The van der Waals surface area contributed by atoms with Crippen LogP contribution in [0.2, 0.25) is 0 Å². The Kier molecular flexibility index (Phi) is 3.60. The molecule has 3 heteroatoms. The lowest BCUT2D eigenvalue weighted by Gasteiger charge is -1.98. The fourth-order valence-electron chi connectivity index (χ4n) is 2.74. The second kappa shape index (κ2) is 6.05. The first kappa shape index (κ1) is 14.3. The van der Waals surface area contributed by atoms with Crippen LogP contribution < -0.4 is 0 Å². The summed E-state index contributed by atoms with van der Waals surface area (Å²) in [6.45, 7) is 0. The number of aromatic hydroxyl groups is 1. The molecule has 0 aliphatic heterocycles. The molecule has 4 rings (SSSR count). The molecule has 24 heavy (non-hydrogen) atoms. The third-order valence-electron chi connectivity index (χ3n) is 3.94. The van der Waals surface area contributed by atoms with Gasteiger partial charge < -0.3 is 5.11 Å². The van der Waals surface area contributed by atoms with Crippen LogP contribution in [0.15, 0.2) is 79.0 Å². The normalized spacial score (nSPS) is 11.3. The van der Waals surface area contributed by atoms with Crippen molar-refractivity contribution < 1.29 is 5.11 Å². The predicted octanol–water partition coefficient (Wildman–Crippen LogP) is 4.88. The van der Waals surface area contributed by atoms with Crippen molar-refractivity contribution in [3.8, 4) is 17.0 Å². The molecular weight excluding hydrogens is 296 g/mol. The van der Waals surface area contributed by atoms with E-state index in [2.05, 4.69) is 22.6 Å². The topological polar surface area (TPSA) is 37.5 Å². The number of hydrogen-bond donors (Lipinski definition) is 1. The highest BCUT2D eigenvalue weighted by molar-refractivity contribution is 5.80. The Morgan fingerprint density at radius 2 is 1.54 bits per heavy atom. The monoisotopic (exact) mass is 312 g/mol. The number of phenols is 1. The van der Waals surface area contributed by atoms with E-state index in [0.29, 0.717) is 0 Å². The zero-order chi connectivity index (χ0) is 16.4. The molecule has 0 aliphatic rings. The number of imidazole rings is 1. The summed E-state index contributed by atoms with van der Waals surface area (Å²) >= 11 is 0. The van der Waals surface area contributed by atoms with Crippen molar-refractivity contribution in [3.05, 3.63) is 90.4 Å². The molecule has 0 aliphatic carbocycles. The zero-order valence-electron chi connectivity index (χ0n) is 13.0. The van der Waals surface area contributed by atoms with E-state index in [1.807, 2.05) is 60.8 Å². The number of pyridine rings is 1. The highest BCUT2D eigenvalue weighted by atomic mass is 16.3. The fourth-order valence-corrected chi connectivity index (χ4v) is 2.74. The molecule has 1 N–H and O–H groups in total. The van der Waals surface area contributed by atoms with Gasteiger partial charge in [0.05, 0.1) is 11.2 Å². The van der Waals surface area contributed by atoms with Crippen LogP contribution in [0.5, 0.6) is 5.75 Å². The van der Waals surface area contributed by atoms with E-state index < -0.39 is 0 Å². The van der Waals surface area contributed by atoms with Crippen LogP contribution in [0, 0.1) is 0 Å². The maximum absolute atomic E-state index is 9.37. The van der Waals surface area contributed by atoms with Crippen molar-refractivity contribution in [1.29, 1.82) is 0 Å². The van der Waals surface area contributed by atoms with Crippen LogP contribution in [-0.4, -0.2) is 14.5 Å². The van der Waals surface area contributed by atoms with Crippen LogP contribution in [0.1, 0.15) is 11.4 Å². The SMILES string of the molecule is Oc1ccc(/C=C/c2nc(-c3ccccc3)c3ccccn23)cc1. The summed E-state index contributed by atoms with van der Waals surface area (Å²) < 4.78 is 2.08. The van der Waals surface area contributed by atoms with Crippen molar-refractivity contribution in [2.75, 3.05) is 0 Å². The lowest BCUT2D eigenvalue weighted by atomic mass is 10.1. The lowest BCUT2D eigenvalue weighted by molar-refractivity contribution is 0.475. The quantitative estimate of drug-likeness (QED) is 0.585. The van der Waals surface area contributed by atoms with E-state index in [9.17, 15) is 5.11 Å². The molecule has 0 radical (unpaired) electrons. The van der Waals surface area contributed by atoms with Crippen LogP contribution >= 0.6 is 0 Å². The molecule has 0 amide bonds. The van der Waals surface area contributed by atoms with E-state index in [-0.39, 0.29) is 5.75 Å². The van der Waals surface area contributed by atoms with Gasteiger partial charge in [0.1, 0.15) is 11.6 Å². The molecule has 0 unspecified atom stereocenters. The average molecular weight is 312 g/mol. The van der Waals surface area contributed by atoms with E-state index in [0.717, 1.165) is 28.2 Å². The maximum Gasteiger partial charge on any atom is 0.137 e. The first-order valence-corrected chi connectivity index (χ1v) is 7.81. The van der Waals surface area contributed by atoms with Gasteiger partial charge in [0.2, 0.25) is 0 Å². The molecule has 2 aromatic heterocycles. The van der Waals surface area contributed by atoms with Gasteiger partial charge in [0.25, 0.3) is 0 Å². The third kappa shape index (κ3) is 2.68. The number of rotatable bonds is 3. The van der Waals surface area contributed by atoms with Crippen LogP contribution in [-0.2, 0) is 0 Å². The zero-order valence-corrected chi connectivity index (χ0v) is 13.0. The van der Waals surface area contributed by atoms with Crippen molar-refractivity contribution in [2.45, 2.75) is 0 Å². The molecular formula is C21H16N2O. The number of fused-ring (bicyclic) bond motifs is 1. The number of benzene rings is 2. The van der Waals surface area contributed by atoms with Gasteiger partial charge in [-0.2, -0.15) is 0 Å². The van der Waals surface area contributed by atoms with Gasteiger partial charge in [-0.1, -0.05) is 54.6 Å². The molecule has 4 aromatic rings. The third-order valence-corrected chi connectivity index (χ3v) is 3.94. The second-order valence-corrected chi connectivity index (χ2v) is 5.57. The predicted molar refractivity (Wildman–Crippen MR) is 97.7 cm³/mol. The van der Waals surface area contributed by atoms with Gasteiger partial charge in [-0.25, -0.2) is 4.98 Å². The summed E-state index contributed by atoms with van der Waals surface area (Å²) in [4.78, 5) is 4.82. The standard InChI is InChI=1S/C21H16N2O/c24-18-12-9-16(10-13-18)11-14-20-22-21(17-6-2-1-3-7-17)19-8-4-5-15-23(19)20/h1-15,24H/b14-11+. The number of aromatic nitrogens is 2. The van der Waals surface area contributed by atoms with Crippen LogP contribution in [0.3, 0.4) is 0 Å². The second-order valence-electron chi connectivity index (χ2n) is 5.57. The Morgan fingerprint density at radius 1 is 0.792 bits per heavy atom. The van der Waals surface area contributed by atoms with Gasteiger partial charge in [-0.05, 0) is 35.9 Å². The lowest BCUT2D eigenvalue weighted by Crippen LogP contribution is -1.85. The Morgan fingerprint density at radius 3 is 2.33 bits per heavy atom. The summed E-state index contributed by atoms with van der Waals surface area (Å²) in [6, 6.07) is 23.4. The summed E-state index contributed by atoms with van der Waals surface area (Å²) in [5.74, 6) is 1.14. The highest BCUT2D eigenvalue weighted by Crippen LogP contribution is 2.25. The fraction of sp³-hybridized carbons (Fsp3) is 0. The van der Waals surface area contributed by atoms with E-state index in [4.69, 9.17) is 4.98 Å². The number of nitrogens with zero attached hydrogens (tertiary/aromatic N) is 2. The highest BCUT2D eigenvalue weighted by Gasteiger charge is 2.10. The van der Waals surface area contributed by atoms with Crippen molar-refractivity contribution in [3.63, 3.8) is 0 Å². The van der Waals surface area contributed by atoms with Crippen molar-refractivity contribution in [2.24, 2.45) is 0 Å². The molecule has 2 aromatic carbocycles. The van der Waals surface area contributed by atoms with Gasteiger partial charge >= 0.3 is 0 Å². The van der Waals surface area contributed by atoms with Gasteiger partial charge in [0.15, 0.2) is 0 Å². The first-order chi connectivity index (χ1) is 11.8. The van der Waals surface area contributed by atoms with Crippen molar-refractivity contribution in [1.82, 2.24) is 9.38 Å². The molecule has 0 saturated heterocycles. The van der Waals surface area contributed by atoms with E-state index >= 15 is 0 Å². The van der Waals surface area contributed by atoms with Crippen LogP contribution in [0.4, 0.5) is 0 Å².